The van der Waals surface area contributed by atoms with E-state index in [1.54, 1.807) is 7.11 Å². The molecule has 0 aromatic carbocycles. The number of rotatable bonds is 4. The number of ether oxygens (including phenoxy) is 1. The van der Waals surface area contributed by atoms with Crippen LogP contribution in [-0.4, -0.2) is 31.5 Å². The van der Waals surface area contributed by atoms with Crippen molar-refractivity contribution in [2.75, 3.05) is 20.3 Å². The molecule has 1 rings (SSSR count). The molecule has 0 saturated heterocycles. The molecule has 13 heavy (non-hydrogen) atoms. The highest BCUT2D eigenvalue weighted by molar-refractivity contribution is 4.86. The molecule has 0 spiro atoms. The van der Waals surface area contributed by atoms with Crippen LogP contribution in [0.2, 0.25) is 0 Å². The normalized spacial score (nSPS) is 34.8. The first kappa shape index (κ1) is 11.0. The zero-order valence-corrected chi connectivity index (χ0v) is 8.46. The first-order valence-electron chi connectivity index (χ1n) is 5.10. The van der Waals surface area contributed by atoms with Crippen molar-refractivity contribution in [3.05, 3.63) is 0 Å². The summed E-state index contributed by atoms with van der Waals surface area (Å²) in [4.78, 5) is 0. The van der Waals surface area contributed by atoms with Crippen molar-refractivity contribution >= 4 is 0 Å². The molecule has 1 aliphatic rings. The van der Waals surface area contributed by atoms with Crippen molar-refractivity contribution in [1.29, 1.82) is 0 Å². The second-order valence-electron chi connectivity index (χ2n) is 4.11. The van der Waals surface area contributed by atoms with Crippen LogP contribution in [0.25, 0.3) is 0 Å². The minimum atomic E-state index is 0.198. The summed E-state index contributed by atoms with van der Waals surface area (Å²) in [5, 5.41) is 8.95. The van der Waals surface area contributed by atoms with E-state index in [1.165, 1.54) is 0 Å². The SMILES string of the molecule is COC1CCC(CN)(CCO)CC1. The molecule has 0 unspecified atom stereocenters. The van der Waals surface area contributed by atoms with E-state index in [-0.39, 0.29) is 12.0 Å². The lowest BCUT2D eigenvalue weighted by atomic mass is 9.71. The molecule has 3 N–H and O–H groups in total. The van der Waals surface area contributed by atoms with Crippen LogP contribution in [0, 0.1) is 5.41 Å². The van der Waals surface area contributed by atoms with Gasteiger partial charge in [-0.25, -0.2) is 0 Å². The van der Waals surface area contributed by atoms with E-state index in [4.69, 9.17) is 15.6 Å². The minimum Gasteiger partial charge on any atom is -0.396 e. The van der Waals surface area contributed by atoms with E-state index in [1.807, 2.05) is 0 Å². The van der Waals surface area contributed by atoms with Gasteiger partial charge in [0.05, 0.1) is 6.10 Å². The summed E-state index contributed by atoms with van der Waals surface area (Å²) >= 11 is 0. The Hall–Kier alpha value is -0.120. The zero-order valence-electron chi connectivity index (χ0n) is 8.46. The number of hydrogen-bond donors (Lipinski definition) is 2. The van der Waals surface area contributed by atoms with Crippen molar-refractivity contribution in [3.63, 3.8) is 0 Å². The van der Waals surface area contributed by atoms with Gasteiger partial charge in [0.25, 0.3) is 0 Å². The van der Waals surface area contributed by atoms with Crippen LogP contribution in [0.15, 0.2) is 0 Å². The van der Waals surface area contributed by atoms with Crippen LogP contribution in [-0.2, 0) is 4.74 Å². The van der Waals surface area contributed by atoms with Crippen LogP contribution < -0.4 is 5.73 Å². The first-order valence-corrected chi connectivity index (χ1v) is 5.10. The van der Waals surface area contributed by atoms with E-state index in [0.717, 1.165) is 32.1 Å². The molecule has 0 amide bonds. The summed E-state index contributed by atoms with van der Waals surface area (Å²) in [6.45, 7) is 0.957. The van der Waals surface area contributed by atoms with Gasteiger partial charge in [-0.2, -0.15) is 0 Å². The van der Waals surface area contributed by atoms with E-state index in [0.29, 0.717) is 12.6 Å². The van der Waals surface area contributed by atoms with Gasteiger partial charge >= 0.3 is 0 Å². The molecule has 0 bridgehead atoms. The predicted molar refractivity (Wildman–Crippen MR) is 52.5 cm³/mol. The summed E-state index contributed by atoms with van der Waals surface area (Å²) in [5.74, 6) is 0. The molecule has 1 fully saturated rings. The molecule has 3 heteroatoms. The lowest BCUT2D eigenvalue weighted by Gasteiger charge is -2.38. The number of nitrogens with two attached hydrogens (primary N) is 1. The van der Waals surface area contributed by atoms with Crippen LogP contribution in [0.5, 0.6) is 0 Å². The van der Waals surface area contributed by atoms with E-state index < -0.39 is 0 Å². The van der Waals surface area contributed by atoms with Gasteiger partial charge in [-0.3, -0.25) is 0 Å². The van der Waals surface area contributed by atoms with Gasteiger partial charge in [-0.1, -0.05) is 0 Å². The smallest absolute Gasteiger partial charge is 0.0571 e. The molecule has 1 saturated carbocycles. The maximum absolute atomic E-state index is 8.95. The number of aliphatic hydroxyl groups is 1. The standard InChI is InChI=1S/C10H21NO2/c1-13-9-2-4-10(8-11,5-3-9)6-7-12/h9,12H,2-8,11H2,1H3. The summed E-state index contributed by atoms with van der Waals surface area (Å²) in [5.41, 5.74) is 5.96. The molecule has 1 aliphatic carbocycles. The molecular formula is C10H21NO2. The van der Waals surface area contributed by atoms with Gasteiger partial charge in [-0.05, 0) is 44.1 Å². The second-order valence-corrected chi connectivity index (χ2v) is 4.11. The van der Waals surface area contributed by atoms with Gasteiger partial charge < -0.3 is 15.6 Å². The minimum absolute atomic E-state index is 0.198. The third-order valence-electron chi connectivity index (χ3n) is 3.40. The van der Waals surface area contributed by atoms with E-state index in [2.05, 4.69) is 0 Å². The molecule has 0 aromatic rings. The van der Waals surface area contributed by atoms with Crippen molar-refractivity contribution in [1.82, 2.24) is 0 Å². The van der Waals surface area contributed by atoms with Crippen LogP contribution in [0.3, 0.4) is 0 Å². The van der Waals surface area contributed by atoms with E-state index in [9.17, 15) is 0 Å². The Balaban J connectivity index is 2.42. The lowest BCUT2D eigenvalue weighted by Crippen LogP contribution is -2.37. The van der Waals surface area contributed by atoms with Gasteiger partial charge in [0.15, 0.2) is 0 Å². The Bertz CT molecular complexity index is 142. The fourth-order valence-electron chi connectivity index (χ4n) is 2.23. The van der Waals surface area contributed by atoms with Gasteiger partial charge in [0, 0.05) is 13.7 Å². The fourth-order valence-corrected chi connectivity index (χ4v) is 2.23. The monoisotopic (exact) mass is 187 g/mol. The van der Waals surface area contributed by atoms with Gasteiger partial charge in [0.1, 0.15) is 0 Å². The first-order chi connectivity index (χ1) is 6.26. The maximum Gasteiger partial charge on any atom is 0.0571 e. The highest BCUT2D eigenvalue weighted by atomic mass is 16.5. The fraction of sp³-hybridized carbons (Fsp3) is 1.00. The zero-order chi connectivity index (χ0) is 9.73. The summed E-state index contributed by atoms with van der Waals surface area (Å²) in [7, 11) is 1.77. The molecule has 0 aromatic heterocycles. The Morgan fingerprint density at radius 3 is 2.46 bits per heavy atom. The molecule has 0 radical (unpaired) electrons. The van der Waals surface area contributed by atoms with E-state index >= 15 is 0 Å². The molecule has 3 nitrogen and oxygen atoms in total. The van der Waals surface area contributed by atoms with Crippen molar-refractivity contribution in [2.45, 2.75) is 38.2 Å². The largest absolute Gasteiger partial charge is 0.396 e. The Morgan fingerprint density at radius 1 is 1.46 bits per heavy atom. The summed E-state index contributed by atoms with van der Waals surface area (Å²) in [6, 6.07) is 0. The van der Waals surface area contributed by atoms with Crippen LogP contribution >= 0.6 is 0 Å². The maximum atomic E-state index is 8.95. The molecule has 0 aliphatic heterocycles. The van der Waals surface area contributed by atoms with Gasteiger partial charge in [-0.15, -0.1) is 0 Å². The Morgan fingerprint density at radius 2 is 2.08 bits per heavy atom. The highest BCUT2D eigenvalue weighted by Crippen LogP contribution is 2.38. The predicted octanol–water partition coefficient (Wildman–Crippen LogP) is 0.903. The number of aliphatic hydroxyl groups excluding tert-OH is 1. The summed E-state index contributed by atoms with van der Waals surface area (Å²) in [6.07, 6.45) is 5.64. The highest BCUT2D eigenvalue weighted by Gasteiger charge is 2.33. The quantitative estimate of drug-likeness (QED) is 0.687. The topological polar surface area (TPSA) is 55.5 Å². The summed E-state index contributed by atoms with van der Waals surface area (Å²) < 4.78 is 5.30. The third-order valence-corrected chi connectivity index (χ3v) is 3.40. The molecule has 0 atom stereocenters. The third kappa shape index (κ3) is 2.66. The Kier molecular flexibility index (Phi) is 4.16. The molecule has 0 heterocycles. The lowest BCUT2D eigenvalue weighted by molar-refractivity contribution is 0.0202. The molecular weight excluding hydrogens is 166 g/mol. The van der Waals surface area contributed by atoms with Crippen LogP contribution in [0.1, 0.15) is 32.1 Å². The van der Waals surface area contributed by atoms with Gasteiger partial charge in [0.2, 0.25) is 0 Å². The van der Waals surface area contributed by atoms with Crippen molar-refractivity contribution < 1.29 is 9.84 Å². The number of hydrogen-bond acceptors (Lipinski definition) is 3. The van der Waals surface area contributed by atoms with Crippen molar-refractivity contribution in [2.24, 2.45) is 11.1 Å². The second kappa shape index (κ2) is 4.94. The van der Waals surface area contributed by atoms with Crippen molar-refractivity contribution in [3.8, 4) is 0 Å². The van der Waals surface area contributed by atoms with Crippen LogP contribution in [0.4, 0.5) is 0 Å². The average molecular weight is 187 g/mol. The Labute approximate surface area is 80.3 Å². The molecule has 78 valence electrons. The average Bonchev–Trinajstić information content (AvgIpc) is 2.19. The number of methoxy groups -OCH3 is 1.